The highest BCUT2D eigenvalue weighted by Gasteiger charge is 2.02. The number of benzene rings is 1. The number of aromatic nitrogens is 2. The third-order valence-corrected chi connectivity index (χ3v) is 2.60. The van der Waals surface area contributed by atoms with Crippen LogP contribution in [-0.2, 0) is 0 Å². The standard InChI is InChI=1S/C9H8IN3O/c1-11-8-6-3-2-5(10)4-7(6)12-9(14)13-8/h2-4H,1H3,(H2,11,12,13,14). The van der Waals surface area contributed by atoms with Gasteiger partial charge in [0.1, 0.15) is 5.82 Å². The molecule has 0 fully saturated rings. The van der Waals surface area contributed by atoms with Gasteiger partial charge in [-0.05, 0) is 40.8 Å². The van der Waals surface area contributed by atoms with E-state index in [2.05, 4.69) is 37.9 Å². The van der Waals surface area contributed by atoms with E-state index < -0.39 is 0 Å². The molecule has 4 nitrogen and oxygen atoms in total. The minimum atomic E-state index is -0.330. The Labute approximate surface area is 93.9 Å². The number of anilines is 1. The van der Waals surface area contributed by atoms with E-state index in [4.69, 9.17) is 0 Å². The number of hydrogen-bond acceptors (Lipinski definition) is 3. The predicted octanol–water partition coefficient (Wildman–Crippen LogP) is 1.57. The fourth-order valence-electron chi connectivity index (χ4n) is 1.32. The number of hydrogen-bond donors (Lipinski definition) is 2. The molecule has 14 heavy (non-hydrogen) atoms. The van der Waals surface area contributed by atoms with E-state index in [0.29, 0.717) is 5.82 Å². The second-order valence-corrected chi connectivity index (χ2v) is 4.08. The predicted molar refractivity (Wildman–Crippen MR) is 64.6 cm³/mol. The minimum Gasteiger partial charge on any atom is -0.372 e. The number of rotatable bonds is 1. The second kappa shape index (κ2) is 3.56. The van der Waals surface area contributed by atoms with E-state index in [-0.39, 0.29) is 5.69 Å². The lowest BCUT2D eigenvalue weighted by molar-refractivity contribution is 1.11. The zero-order chi connectivity index (χ0) is 10.1. The van der Waals surface area contributed by atoms with Crippen molar-refractivity contribution >= 4 is 39.3 Å². The van der Waals surface area contributed by atoms with Gasteiger partial charge >= 0.3 is 5.69 Å². The first-order chi connectivity index (χ1) is 6.70. The van der Waals surface area contributed by atoms with Crippen LogP contribution in [0.4, 0.5) is 5.82 Å². The highest BCUT2D eigenvalue weighted by Crippen LogP contribution is 2.19. The van der Waals surface area contributed by atoms with Gasteiger partial charge in [0.2, 0.25) is 0 Å². The Bertz CT molecular complexity index is 535. The average molecular weight is 301 g/mol. The summed E-state index contributed by atoms with van der Waals surface area (Å²) in [6.07, 6.45) is 0. The summed E-state index contributed by atoms with van der Waals surface area (Å²) in [6.45, 7) is 0. The summed E-state index contributed by atoms with van der Waals surface area (Å²) < 4.78 is 1.08. The van der Waals surface area contributed by atoms with E-state index in [0.717, 1.165) is 14.5 Å². The zero-order valence-electron chi connectivity index (χ0n) is 7.47. The fraction of sp³-hybridized carbons (Fsp3) is 0.111. The lowest BCUT2D eigenvalue weighted by Crippen LogP contribution is -2.12. The number of halogens is 1. The molecule has 0 spiro atoms. The van der Waals surface area contributed by atoms with Crippen LogP contribution in [0.3, 0.4) is 0 Å². The van der Waals surface area contributed by atoms with Gasteiger partial charge in [-0.1, -0.05) is 0 Å². The molecule has 2 aromatic rings. The molecule has 0 unspecified atom stereocenters. The Morgan fingerprint density at radius 2 is 2.29 bits per heavy atom. The van der Waals surface area contributed by atoms with Crippen molar-refractivity contribution in [1.82, 2.24) is 9.97 Å². The van der Waals surface area contributed by atoms with Crippen LogP contribution in [0.15, 0.2) is 23.0 Å². The van der Waals surface area contributed by atoms with Crippen molar-refractivity contribution in [2.45, 2.75) is 0 Å². The van der Waals surface area contributed by atoms with Crippen LogP contribution in [0.25, 0.3) is 10.9 Å². The van der Waals surface area contributed by atoms with Gasteiger partial charge in [-0.15, -0.1) is 0 Å². The molecule has 0 aliphatic carbocycles. The Kier molecular flexibility index (Phi) is 2.40. The first-order valence-electron chi connectivity index (χ1n) is 4.08. The highest BCUT2D eigenvalue weighted by atomic mass is 127. The number of aromatic amines is 1. The van der Waals surface area contributed by atoms with E-state index in [1.165, 1.54) is 0 Å². The van der Waals surface area contributed by atoms with Crippen molar-refractivity contribution in [3.63, 3.8) is 0 Å². The van der Waals surface area contributed by atoms with Crippen LogP contribution in [0.2, 0.25) is 0 Å². The zero-order valence-corrected chi connectivity index (χ0v) is 9.62. The van der Waals surface area contributed by atoms with Crippen molar-refractivity contribution in [2.24, 2.45) is 0 Å². The summed E-state index contributed by atoms with van der Waals surface area (Å²) in [6, 6.07) is 5.83. The Balaban J connectivity index is 2.87. The van der Waals surface area contributed by atoms with Crippen LogP contribution in [0.1, 0.15) is 0 Å². The maximum absolute atomic E-state index is 11.2. The second-order valence-electron chi connectivity index (χ2n) is 2.83. The summed E-state index contributed by atoms with van der Waals surface area (Å²) in [5.41, 5.74) is 0.477. The number of nitrogens with one attached hydrogen (secondary N) is 2. The molecule has 0 saturated heterocycles. The van der Waals surface area contributed by atoms with Crippen LogP contribution < -0.4 is 11.0 Å². The van der Waals surface area contributed by atoms with Crippen LogP contribution in [-0.4, -0.2) is 17.0 Å². The smallest absolute Gasteiger partial charge is 0.347 e. The number of fused-ring (bicyclic) bond motifs is 1. The Hall–Kier alpha value is -1.11. The molecule has 0 aliphatic heterocycles. The molecule has 2 N–H and O–H groups in total. The molecule has 0 bridgehead atoms. The van der Waals surface area contributed by atoms with Crippen molar-refractivity contribution in [3.05, 3.63) is 32.3 Å². The highest BCUT2D eigenvalue weighted by molar-refractivity contribution is 14.1. The van der Waals surface area contributed by atoms with E-state index in [1.807, 2.05) is 18.2 Å². The fourth-order valence-corrected chi connectivity index (χ4v) is 1.81. The van der Waals surface area contributed by atoms with Gasteiger partial charge in [0.05, 0.1) is 5.52 Å². The molecular formula is C9H8IN3O. The summed E-state index contributed by atoms with van der Waals surface area (Å²) in [4.78, 5) is 17.7. The molecule has 0 radical (unpaired) electrons. The molecule has 1 heterocycles. The maximum Gasteiger partial charge on any atom is 0.347 e. The molecule has 2 rings (SSSR count). The molecule has 5 heteroatoms. The molecule has 0 aliphatic rings. The van der Waals surface area contributed by atoms with Crippen LogP contribution in [0, 0.1) is 3.57 Å². The normalized spacial score (nSPS) is 10.4. The molecule has 0 saturated carbocycles. The third-order valence-electron chi connectivity index (χ3n) is 1.93. The van der Waals surface area contributed by atoms with Gasteiger partial charge in [0.15, 0.2) is 0 Å². The average Bonchev–Trinajstić information content (AvgIpc) is 2.15. The lowest BCUT2D eigenvalue weighted by atomic mass is 10.2. The third kappa shape index (κ3) is 1.59. The van der Waals surface area contributed by atoms with E-state index in [9.17, 15) is 4.79 Å². The monoisotopic (exact) mass is 301 g/mol. The van der Waals surface area contributed by atoms with E-state index in [1.54, 1.807) is 7.05 Å². The maximum atomic E-state index is 11.2. The van der Waals surface area contributed by atoms with Crippen molar-refractivity contribution in [3.8, 4) is 0 Å². The summed E-state index contributed by atoms with van der Waals surface area (Å²) in [5.74, 6) is 0.611. The first-order valence-corrected chi connectivity index (χ1v) is 5.16. The lowest BCUT2D eigenvalue weighted by Gasteiger charge is -2.03. The SMILES string of the molecule is CNc1nc(=O)[nH]c2cc(I)ccc12. The molecule has 72 valence electrons. The number of nitrogens with zero attached hydrogens (tertiary/aromatic N) is 1. The van der Waals surface area contributed by atoms with Gasteiger partial charge < -0.3 is 10.3 Å². The van der Waals surface area contributed by atoms with Crippen molar-refractivity contribution in [1.29, 1.82) is 0 Å². The van der Waals surface area contributed by atoms with Gasteiger partial charge in [0.25, 0.3) is 0 Å². The summed E-state index contributed by atoms with van der Waals surface area (Å²) >= 11 is 2.20. The molecule has 0 atom stereocenters. The molecule has 1 aromatic heterocycles. The van der Waals surface area contributed by atoms with Gasteiger partial charge in [-0.25, -0.2) is 4.79 Å². The minimum absolute atomic E-state index is 0.330. The largest absolute Gasteiger partial charge is 0.372 e. The molecular weight excluding hydrogens is 293 g/mol. The topological polar surface area (TPSA) is 57.8 Å². The molecule has 0 amide bonds. The van der Waals surface area contributed by atoms with Gasteiger partial charge in [-0.2, -0.15) is 4.98 Å². The first kappa shape index (κ1) is 9.45. The van der Waals surface area contributed by atoms with Crippen LogP contribution >= 0.6 is 22.6 Å². The summed E-state index contributed by atoms with van der Waals surface area (Å²) in [7, 11) is 1.75. The van der Waals surface area contributed by atoms with E-state index >= 15 is 0 Å². The Morgan fingerprint density at radius 3 is 3.00 bits per heavy atom. The quantitative estimate of drug-likeness (QED) is 0.786. The van der Waals surface area contributed by atoms with Gasteiger partial charge in [0, 0.05) is 16.0 Å². The summed E-state index contributed by atoms with van der Waals surface area (Å²) in [5, 5.41) is 3.82. The van der Waals surface area contributed by atoms with Gasteiger partial charge in [-0.3, -0.25) is 0 Å². The molecule has 1 aromatic carbocycles. The number of H-pyrrole nitrogens is 1. The Morgan fingerprint density at radius 1 is 1.50 bits per heavy atom. The van der Waals surface area contributed by atoms with Crippen molar-refractivity contribution < 1.29 is 0 Å². The van der Waals surface area contributed by atoms with Crippen LogP contribution in [0.5, 0.6) is 0 Å². The van der Waals surface area contributed by atoms with Crippen molar-refractivity contribution in [2.75, 3.05) is 12.4 Å².